The van der Waals surface area contributed by atoms with E-state index in [1.54, 1.807) is 5.56 Å². The van der Waals surface area contributed by atoms with Crippen molar-refractivity contribution >= 4 is 0 Å². The number of benzene rings is 1. The standard InChI is InChI=1S/C19H30N2/c1-14-7-6-9-16(13-14)21(3)18-12-11-15-8-4-5-10-17(15)19(18)20-2/h4-5,8,10,14,16,18-20H,6-7,9,11-13H2,1-3H3. The Morgan fingerprint density at radius 1 is 1.14 bits per heavy atom. The van der Waals surface area contributed by atoms with E-state index in [1.165, 1.54) is 44.1 Å². The number of rotatable bonds is 3. The van der Waals surface area contributed by atoms with Crippen LogP contribution in [0.3, 0.4) is 0 Å². The highest BCUT2D eigenvalue weighted by Gasteiger charge is 2.34. The van der Waals surface area contributed by atoms with Gasteiger partial charge in [0, 0.05) is 18.1 Å². The lowest BCUT2D eigenvalue weighted by molar-refractivity contribution is 0.0872. The van der Waals surface area contributed by atoms with Crippen molar-refractivity contribution in [3.63, 3.8) is 0 Å². The molecule has 0 spiro atoms. The smallest absolute Gasteiger partial charge is 0.0478 e. The van der Waals surface area contributed by atoms with Crippen molar-refractivity contribution < 1.29 is 0 Å². The molecule has 4 unspecified atom stereocenters. The lowest BCUT2D eigenvalue weighted by atomic mass is 9.80. The number of likely N-dealkylation sites (N-methyl/N-ethyl adjacent to an activating group) is 2. The van der Waals surface area contributed by atoms with Crippen molar-refractivity contribution in [2.24, 2.45) is 5.92 Å². The Bertz CT molecular complexity index is 470. The number of fused-ring (bicyclic) bond motifs is 1. The van der Waals surface area contributed by atoms with Crippen LogP contribution in [0.1, 0.15) is 56.2 Å². The van der Waals surface area contributed by atoms with Crippen LogP contribution in [0.15, 0.2) is 24.3 Å². The Balaban J connectivity index is 1.78. The van der Waals surface area contributed by atoms with E-state index in [2.05, 4.69) is 55.5 Å². The Morgan fingerprint density at radius 2 is 1.95 bits per heavy atom. The summed E-state index contributed by atoms with van der Waals surface area (Å²) in [5, 5.41) is 3.60. The molecule has 0 saturated heterocycles. The van der Waals surface area contributed by atoms with E-state index >= 15 is 0 Å². The van der Waals surface area contributed by atoms with Crippen molar-refractivity contribution in [1.82, 2.24) is 10.2 Å². The van der Waals surface area contributed by atoms with Gasteiger partial charge in [0.2, 0.25) is 0 Å². The number of hydrogen-bond donors (Lipinski definition) is 1. The van der Waals surface area contributed by atoms with Gasteiger partial charge in [0.1, 0.15) is 0 Å². The largest absolute Gasteiger partial charge is 0.312 e. The second kappa shape index (κ2) is 6.50. The molecule has 0 bridgehead atoms. The summed E-state index contributed by atoms with van der Waals surface area (Å²) in [5.74, 6) is 0.898. The van der Waals surface area contributed by atoms with Gasteiger partial charge in [0.15, 0.2) is 0 Å². The molecule has 116 valence electrons. The summed E-state index contributed by atoms with van der Waals surface area (Å²) >= 11 is 0. The summed E-state index contributed by atoms with van der Waals surface area (Å²) in [7, 11) is 4.49. The fraction of sp³-hybridized carbons (Fsp3) is 0.684. The van der Waals surface area contributed by atoms with Crippen LogP contribution in [0.5, 0.6) is 0 Å². The van der Waals surface area contributed by atoms with E-state index in [4.69, 9.17) is 0 Å². The van der Waals surface area contributed by atoms with Gasteiger partial charge < -0.3 is 5.32 Å². The van der Waals surface area contributed by atoms with Crippen LogP contribution in [0.25, 0.3) is 0 Å². The first-order valence-corrected chi connectivity index (χ1v) is 8.67. The molecule has 2 heteroatoms. The molecule has 2 aliphatic carbocycles. The van der Waals surface area contributed by atoms with Crippen molar-refractivity contribution in [2.45, 2.75) is 63.6 Å². The van der Waals surface area contributed by atoms with Crippen molar-refractivity contribution in [2.75, 3.05) is 14.1 Å². The molecule has 1 saturated carbocycles. The van der Waals surface area contributed by atoms with Gasteiger partial charge in [-0.15, -0.1) is 0 Å². The predicted molar refractivity (Wildman–Crippen MR) is 89.5 cm³/mol. The molecule has 0 heterocycles. The van der Waals surface area contributed by atoms with Crippen LogP contribution >= 0.6 is 0 Å². The van der Waals surface area contributed by atoms with Crippen LogP contribution in [0.4, 0.5) is 0 Å². The van der Waals surface area contributed by atoms with Gasteiger partial charge in [-0.1, -0.05) is 44.0 Å². The Hall–Kier alpha value is -0.860. The Kier molecular flexibility index (Phi) is 4.66. The summed E-state index contributed by atoms with van der Waals surface area (Å²) in [6.07, 6.45) is 8.10. The minimum atomic E-state index is 0.484. The van der Waals surface area contributed by atoms with Gasteiger partial charge >= 0.3 is 0 Å². The number of hydrogen-bond acceptors (Lipinski definition) is 2. The minimum absolute atomic E-state index is 0.484. The first-order valence-electron chi connectivity index (χ1n) is 8.67. The maximum absolute atomic E-state index is 3.60. The summed E-state index contributed by atoms with van der Waals surface area (Å²) in [6.45, 7) is 2.42. The van der Waals surface area contributed by atoms with Gasteiger partial charge in [-0.25, -0.2) is 0 Å². The predicted octanol–water partition coefficient (Wildman–Crippen LogP) is 3.77. The summed E-state index contributed by atoms with van der Waals surface area (Å²) in [6, 6.07) is 10.9. The molecule has 0 amide bonds. The quantitative estimate of drug-likeness (QED) is 0.910. The van der Waals surface area contributed by atoms with Gasteiger partial charge in [0.05, 0.1) is 0 Å². The van der Waals surface area contributed by atoms with Gasteiger partial charge in [-0.3, -0.25) is 4.90 Å². The second-order valence-corrected chi connectivity index (χ2v) is 7.16. The highest BCUT2D eigenvalue weighted by molar-refractivity contribution is 5.34. The average Bonchev–Trinajstić information content (AvgIpc) is 2.53. The normalized spacial score (nSPS) is 33.0. The first-order chi connectivity index (χ1) is 10.2. The van der Waals surface area contributed by atoms with Crippen molar-refractivity contribution in [3.8, 4) is 0 Å². The topological polar surface area (TPSA) is 15.3 Å². The monoisotopic (exact) mass is 286 g/mol. The summed E-state index contributed by atoms with van der Waals surface area (Å²) in [4.78, 5) is 2.70. The summed E-state index contributed by atoms with van der Waals surface area (Å²) < 4.78 is 0. The molecule has 1 aromatic rings. The van der Waals surface area contributed by atoms with E-state index in [-0.39, 0.29) is 0 Å². The van der Waals surface area contributed by atoms with Crippen LogP contribution in [-0.4, -0.2) is 31.1 Å². The fourth-order valence-corrected chi connectivity index (χ4v) is 4.57. The van der Waals surface area contributed by atoms with Crippen LogP contribution in [0, 0.1) is 5.92 Å². The number of aryl methyl sites for hydroxylation is 1. The third kappa shape index (κ3) is 3.02. The highest BCUT2D eigenvalue weighted by atomic mass is 15.2. The molecule has 1 N–H and O–H groups in total. The molecule has 0 aliphatic heterocycles. The SMILES string of the molecule is CNC1c2ccccc2CCC1N(C)C1CCCC(C)C1. The third-order valence-electron chi connectivity index (χ3n) is 5.80. The second-order valence-electron chi connectivity index (χ2n) is 7.16. The van der Waals surface area contributed by atoms with Crippen molar-refractivity contribution in [1.29, 1.82) is 0 Å². The van der Waals surface area contributed by atoms with Crippen LogP contribution < -0.4 is 5.32 Å². The number of nitrogens with zero attached hydrogens (tertiary/aromatic N) is 1. The molecule has 21 heavy (non-hydrogen) atoms. The Labute approximate surface area is 129 Å². The van der Waals surface area contributed by atoms with E-state index in [0.717, 1.165) is 12.0 Å². The van der Waals surface area contributed by atoms with Crippen LogP contribution in [0.2, 0.25) is 0 Å². The molecule has 4 atom stereocenters. The zero-order valence-electron chi connectivity index (χ0n) is 13.8. The molecule has 2 nitrogen and oxygen atoms in total. The van der Waals surface area contributed by atoms with Gasteiger partial charge in [0.25, 0.3) is 0 Å². The maximum Gasteiger partial charge on any atom is 0.0478 e. The average molecular weight is 286 g/mol. The Morgan fingerprint density at radius 3 is 2.71 bits per heavy atom. The lowest BCUT2D eigenvalue weighted by Gasteiger charge is -2.44. The summed E-state index contributed by atoms with van der Waals surface area (Å²) in [5.41, 5.74) is 3.06. The van der Waals surface area contributed by atoms with Crippen LogP contribution in [-0.2, 0) is 6.42 Å². The molecule has 1 aromatic carbocycles. The molecule has 3 rings (SSSR count). The molecule has 1 fully saturated rings. The highest BCUT2D eigenvalue weighted by Crippen LogP contribution is 2.36. The van der Waals surface area contributed by atoms with Gasteiger partial charge in [-0.2, -0.15) is 0 Å². The number of nitrogens with one attached hydrogen (secondary N) is 1. The molecular weight excluding hydrogens is 256 g/mol. The molecule has 2 aliphatic rings. The van der Waals surface area contributed by atoms with E-state index in [1.807, 2.05) is 0 Å². The van der Waals surface area contributed by atoms with Gasteiger partial charge in [-0.05, 0) is 56.8 Å². The third-order valence-corrected chi connectivity index (χ3v) is 5.80. The van der Waals surface area contributed by atoms with E-state index in [9.17, 15) is 0 Å². The van der Waals surface area contributed by atoms with E-state index in [0.29, 0.717) is 12.1 Å². The van der Waals surface area contributed by atoms with E-state index < -0.39 is 0 Å². The first kappa shape index (κ1) is 15.1. The minimum Gasteiger partial charge on any atom is -0.312 e. The fourth-order valence-electron chi connectivity index (χ4n) is 4.57. The van der Waals surface area contributed by atoms with Crippen molar-refractivity contribution in [3.05, 3.63) is 35.4 Å². The lowest BCUT2D eigenvalue weighted by Crippen LogP contribution is -2.49. The molecule has 0 radical (unpaired) electrons. The molecular formula is C19H30N2. The zero-order chi connectivity index (χ0) is 14.8. The maximum atomic E-state index is 3.60. The molecule has 0 aromatic heterocycles. The zero-order valence-corrected chi connectivity index (χ0v) is 13.8.